The van der Waals surface area contributed by atoms with Gasteiger partial charge in [-0.2, -0.15) is 0 Å². The van der Waals surface area contributed by atoms with Gasteiger partial charge < -0.3 is 19.8 Å². The van der Waals surface area contributed by atoms with Crippen LogP contribution in [0, 0.1) is 5.92 Å². The Balaban J connectivity index is 0.00000420. The molecule has 2 rings (SSSR count). The van der Waals surface area contributed by atoms with E-state index in [1.807, 2.05) is 12.1 Å². The summed E-state index contributed by atoms with van der Waals surface area (Å²) in [5.41, 5.74) is 0. The van der Waals surface area contributed by atoms with Gasteiger partial charge >= 0.3 is 0 Å². The van der Waals surface area contributed by atoms with Gasteiger partial charge in [-0.15, -0.1) is 24.0 Å². The van der Waals surface area contributed by atoms with Crippen molar-refractivity contribution in [2.45, 2.75) is 39.3 Å². The molecular formula is C21H40IN5O2. The number of likely N-dealkylation sites (N-methyl/N-ethyl adjacent to an activating group) is 1. The minimum Gasteiger partial charge on any atom is -0.468 e. The van der Waals surface area contributed by atoms with Crippen LogP contribution in [0.2, 0.25) is 0 Å². The van der Waals surface area contributed by atoms with Gasteiger partial charge in [0.2, 0.25) is 0 Å². The molecule has 1 saturated heterocycles. The summed E-state index contributed by atoms with van der Waals surface area (Å²) < 4.78 is 11.1. The number of morpholine rings is 1. The standard InChI is InChI=1S/C21H39N5O2.HI/c1-6-22-21(24-16-19(25(4)5)20-8-7-11-28-20)23-15-18(14-17(2)3)26-9-12-27-13-10-26;/h7-8,11,17-19H,6,9-10,12-16H2,1-5H3,(H2,22,23,24);1H. The van der Waals surface area contributed by atoms with E-state index in [2.05, 4.69) is 55.3 Å². The molecule has 1 aromatic rings. The fourth-order valence-electron chi connectivity index (χ4n) is 3.58. The summed E-state index contributed by atoms with van der Waals surface area (Å²) in [6.07, 6.45) is 2.87. The molecule has 168 valence electrons. The molecule has 7 nitrogen and oxygen atoms in total. The number of halogens is 1. The van der Waals surface area contributed by atoms with Crippen molar-refractivity contribution in [2.75, 3.05) is 60.0 Å². The second kappa shape index (κ2) is 14.2. The van der Waals surface area contributed by atoms with E-state index in [9.17, 15) is 0 Å². The van der Waals surface area contributed by atoms with Gasteiger partial charge in [-0.05, 0) is 45.5 Å². The number of rotatable bonds is 10. The van der Waals surface area contributed by atoms with Crippen LogP contribution in [0.1, 0.15) is 39.0 Å². The Labute approximate surface area is 193 Å². The maximum Gasteiger partial charge on any atom is 0.191 e. The van der Waals surface area contributed by atoms with E-state index in [1.54, 1.807) is 6.26 Å². The van der Waals surface area contributed by atoms with Crippen LogP contribution < -0.4 is 10.6 Å². The zero-order valence-corrected chi connectivity index (χ0v) is 21.0. The fourth-order valence-corrected chi connectivity index (χ4v) is 3.58. The predicted octanol–water partition coefficient (Wildman–Crippen LogP) is 2.80. The number of aliphatic imine (C=N–C) groups is 1. The van der Waals surface area contributed by atoms with E-state index in [1.165, 1.54) is 0 Å². The molecule has 1 aliphatic heterocycles. The van der Waals surface area contributed by atoms with Crippen molar-refractivity contribution in [3.05, 3.63) is 24.2 Å². The Bertz CT molecular complexity index is 559. The first-order valence-electron chi connectivity index (χ1n) is 10.5. The zero-order valence-electron chi connectivity index (χ0n) is 18.7. The molecule has 2 atom stereocenters. The second-order valence-corrected chi connectivity index (χ2v) is 8.03. The number of nitrogens with one attached hydrogen (secondary N) is 2. The van der Waals surface area contributed by atoms with Crippen LogP contribution in [0.25, 0.3) is 0 Å². The Morgan fingerprint density at radius 3 is 2.52 bits per heavy atom. The Kier molecular flexibility index (Phi) is 12.8. The minimum atomic E-state index is 0. The van der Waals surface area contributed by atoms with E-state index in [-0.39, 0.29) is 30.0 Å². The first kappa shape index (κ1) is 26.2. The molecule has 1 fully saturated rings. The van der Waals surface area contributed by atoms with Gasteiger partial charge in [0.1, 0.15) is 5.76 Å². The normalized spacial score (nSPS) is 17.8. The summed E-state index contributed by atoms with van der Waals surface area (Å²) in [5.74, 6) is 2.47. The third kappa shape index (κ3) is 9.23. The Morgan fingerprint density at radius 1 is 1.24 bits per heavy atom. The van der Waals surface area contributed by atoms with Crippen molar-refractivity contribution >= 4 is 29.9 Å². The molecule has 2 N–H and O–H groups in total. The molecule has 0 spiro atoms. The molecular weight excluding hydrogens is 481 g/mol. The van der Waals surface area contributed by atoms with E-state index in [0.717, 1.165) is 64.1 Å². The SMILES string of the molecule is CCNC(=NCC(CC(C)C)N1CCOCC1)NCC(c1ccco1)N(C)C.I. The highest BCUT2D eigenvalue weighted by atomic mass is 127. The zero-order chi connectivity index (χ0) is 20.4. The Morgan fingerprint density at radius 2 is 1.97 bits per heavy atom. The molecule has 1 aliphatic rings. The number of ether oxygens (including phenoxy) is 1. The molecule has 2 heterocycles. The maximum atomic E-state index is 5.61. The van der Waals surface area contributed by atoms with Crippen molar-refractivity contribution in [1.82, 2.24) is 20.4 Å². The van der Waals surface area contributed by atoms with Gasteiger partial charge in [0.25, 0.3) is 0 Å². The summed E-state index contributed by atoms with van der Waals surface area (Å²) in [6, 6.07) is 4.57. The summed E-state index contributed by atoms with van der Waals surface area (Å²) in [4.78, 5) is 9.60. The van der Waals surface area contributed by atoms with Gasteiger partial charge in [-0.25, -0.2) is 0 Å². The molecule has 0 aromatic carbocycles. The summed E-state index contributed by atoms with van der Waals surface area (Å²) in [6.45, 7) is 12.7. The lowest BCUT2D eigenvalue weighted by atomic mass is 10.0. The van der Waals surface area contributed by atoms with Crippen LogP contribution in [0.3, 0.4) is 0 Å². The van der Waals surface area contributed by atoms with Gasteiger partial charge in [0.05, 0.1) is 32.1 Å². The molecule has 8 heteroatoms. The van der Waals surface area contributed by atoms with Crippen LogP contribution in [-0.4, -0.2) is 81.8 Å². The second-order valence-electron chi connectivity index (χ2n) is 8.03. The van der Waals surface area contributed by atoms with E-state index >= 15 is 0 Å². The lowest BCUT2D eigenvalue weighted by Gasteiger charge is -2.34. The molecule has 0 saturated carbocycles. The highest BCUT2D eigenvalue weighted by Crippen LogP contribution is 2.17. The van der Waals surface area contributed by atoms with Crippen LogP contribution >= 0.6 is 24.0 Å². The summed E-state index contributed by atoms with van der Waals surface area (Å²) in [7, 11) is 4.13. The van der Waals surface area contributed by atoms with Crippen LogP contribution in [0.4, 0.5) is 0 Å². The van der Waals surface area contributed by atoms with E-state index in [0.29, 0.717) is 12.0 Å². The van der Waals surface area contributed by atoms with Gasteiger partial charge in [-0.1, -0.05) is 13.8 Å². The van der Waals surface area contributed by atoms with Gasteiger partial charge in [0, 0.05) is 32.2 Å². The number of hydrogen-bond donors (Lipinski definition) is 2. The predicted molar refractivity (Wildman–Crippen MR) is 130 cm³/mol. The smallest absolute Gasteiger partial charge is 0.191 e. The highest BCUT2D eigenvalue weighted by Gasteiger charge is 2.22. The fraction of sp³-hybridized carbons (Fsp3) is 0.762. The lowest BCUT2D eigenvalue weighted by Crippen LogP contribution is -2.47. The van der Waals surface area contributed by atoms with Gasteiger partial charge in [0.15, 0.2) is 5.96 Å². The van der Waals surface area contributed by atoms with Crippen molar-refractivity contribution in [3.8, 4) is 0 Å². The van der Waals surface area contributed by atoms with Crippen molar-refractivity contribution < 1.29 is 9.15 Å². The van der Waals surface area contributed by atoms with Crippen molar-refractivity contribution in [3.63, 3.8) is 0 Å². The third-order valence-electron chi connectivity index (χ3n) is 5.07. The highest BCUT2D eigenvalue weighted by molar-refractivity contribution is 14.0. The molecule has 29 heavy (non-hydrogen) atoms. The first-order valence-corrected chi connectivity index (χ1v) is 10.5. The molecule has 1 aromatic heterocycles. The van der Waals surface area contributed by atoms with Crippen molar-refractivity contribution in [2.24, 2.45) is 10.9 Å². The van der Waals surface area contributed by atoms with Crippen molar-refractivity contribution in [1.29, 1.82) is 0 Å². The van der Waals surface area contributed by atoms with Gasteiger partial charge in [-0.3, -0.25) is 14.8 Å². The third-order valence-corrected chi connectivity index (χ3v) is 5.07. The number of guanidine groups is 1. The Hall–Kier alpha value is -0.840. The molecule has 0 radical (unpaired) electrons. The molecule has 0 aliphatic carbocycles. The molecule has 2 unspecified atom stereocenters. The minimum absolute atomic E-state index is 0. The first-order chi connectivity index (χ1) is 13.5. The largest absolute Gasteiger partial charge is 0.468 e. The number of furan rings is 1. The summed E-state index contributed by atoms with van der Waals surface area (Å²) in [5, 5.41) is 6.88. The topological polar surface area (TPSA) is 65.3 Å². The van der Waals surface area contributed by atoms with E-state index in [4.69, 9.17) is 14.1 Å². The average molecular weight is 521 g/mol. The lowest BCUT2D eigenvalue weighted by molar-refractivity contribution is 0.0143. The van der Waals surface area contributed by atoms with Crippen LogP contribution in [0.5, 0.6) is 0 Å². The quantitative estimate of drug-likeness (QED) is 0.281. The number of hydrogen-bond acceptors (Lipinski definition) is 5. The number of nitrogens with zero attached hydrogens (tertiary/aromatic N) is 3. The maximum absolute atomic E-state index is 5.61. The molecule has 0 bridgehead atoms. The molecule has 0 amide bonds. The average Bonchev–Trinajstić information content (AvgIpc) is 3.19. The van der Waals surface area contributed by atoms with Crippen LogP contribution in [-0.2, 0) is 4.74 Å². The monoisotopic (exact) mass is 521 g/mol. The summed E-state index contributed by atoms with van der Waals surface area (Å²) >= 11 is 0. The van der Waals surface area contributed by atoms with Crippen LogP contribution in [0.15, 0.2) is 27.8 Å². The van der Waals surface area contributed by atoms with E-state index < -0.39 is 0 Å².